The van der Waals surface area contributed by atoms with Crippen molar-refractivity contribution in [1.82, 2.24) is 9.88 Å². The van der Waals surface area contributed by atoms with Crippen LogP contribution in [0, 0.1) is 0 Å². The summed E-state index contributed by atoms with van der Waals surface area (Å²) in [5.41, 5.74) is 0.114. The summed E-state index contributed by atoms with van der Waals surface area (Å²) in [7, 11) is 0. The number of ether oxygens (including phenoxy) is 2. The van der Waals surface area contributed by atoms with Crippen molar-refractivity contribution in [2.45, 2.75) is 45.4 Å². The summed E-state index contributed by atoms with van der Waals surface area (Å²) in [4.78, 5) is 17.7. The van der Waals surface area contributed by atoms with Gasteiger partial charge < -0.3 is 19.5 Å². The van der Waals surface area contributed by atoms with Crippen LogP contribution in [0.1, 0.15) is 32.9 Å². The smallest absolute Gasteiger partial charge is 0.410 e. The average molecular weight is 294 g/mol. The fourth-order valence-corrected chi connectivity index (χ4v) is 1.96. The van der Waals surface area contributed by atoms with Crippen LogP contribution in [0.15, 0.2) is 18.3 Å². The van der Waals surface area contributed by atoms with Crippen LogP contribution in [-0.2, 0) is 11.3 Å². The number of rotatable bonds is 4. The fourth-order valence-electron chi connectivity index (χ4n) is 1.96. The number of hydrogen-bond acceptors (Lipinski definition) is 5. The van der Waals surface area contributed by atoms with E-state index in [1.165, 1.54) is 0 Å². The summed E-state index contributed by atoms with van der Waals surface area (Å²) in [6.45, 7) is 6.58. The van der Waals surface area contributed by atoms with Gasteiger partial charge in [-0.25, -0.2) is 4.79 Å². The van der Waals surface area contributed by atoms with E-state index >= 15 is 0 Å². The maximum Gasteiger partial charge on any atom is 0.410 e. The molecule has 1 aromatic rings. The second-order valence-corrected chi connectivity index (χ2v) is 6.07. The van der Waals surface area contributed by atoms with E-state index < -0.39 is 5.60 Å². The second-order valence-electron chi connectivity index (χ2n) is 6.07. The molecule has 0 saturated carbocycles. The summed E-state index contributed by atoms with van der Waals surface area (Å²) >= 11 is 0. The van der Waals surface area contributed by atoms with Crippen LogP contribution in [0.2, 0.25) is 0 Å². The highest BCUT2D eigenvalue weighted by atomic mass is 16.6. The zero-order valence-corrected chi connectivity index (χ0v) is 12.7. The molecule has 0 bridgehead atoms. The number of pyridine rings is 1. The number of aromatic nitrogens is 1. The first-order valence-corrected chi connectivity index (χ1v) is 7.07. The zero-order chi connectivity index (χ0) is 15.5. The van der Waals surface area contributed by atoms with Gasteiger partial charge in [-0.1, -0.05) is 0 Å². The minimum absolute atomic E-state index is 0.0392. The second kappa shape index (κ2) is 6.30. The van der Waals surface area contributed by atoms with Crippen molar-refractivity contribution in [3.05, 3.63) is 24.0 Å². The molecule has 6 heteroatoms. The summed E-state index contributed by atoms with van der Waals surface area (Å²) in [5, 5.41) is 8.92. The maximum absolute atomic E-state index is 12.0. The van der Waals surface area contributed by atoms with Crippen molar-refractivity contribution in [3.8, 4) is 5.75 Å². The summed E-state index contributed by atoms with van der Waals surface area (Å²) in [6.07, 6.45) is 2.18. The predicted molar refractivity (Wildman–Crippen MR) is 77.0 cm³/mol. The molecule has 116 valence electrons. The monoisotopic (exact) mass is 294 g/mol. The van der Waals surface area contributed by atoms with Crippen LogP contribution >= 0.6 is 0 Å². The van der Waals surface area contributed by atoms with Crippen molar-refractivity contribution in [2.24, 2.45) is 0 Å². The molecule has 1 aliphatic heterocycles. The molecule has 0 aliphatic carbocycles. The molecule has 0 radical (unpaired) electrons. The number of carbonyl (C=O) groups is 1. The van der Waals surface area contributed by atoms with Crippen LogP contribution in [0.4, 0.5) is 4.79 Å². The first-order valence-electron chi connectivity index (χ1n) is 7.07. The van der Waals surface area contributed by atoms with Crippen molar-refractivity contribution < 1.29 is 19.4 Å². The Balaban J connectivity index is 1.82. The van der Waals surface area contributed by atoms with Crippen LogP contribution in [0.5, 0.6) is 5.75 Å². The molecular formula is C15H22N2O4. The SMILES string of the molecule is CC(C)(C)OC(=O)N1CCC1COc1ccc(CO)nc1. The number of amides is 1. The Morgan fingerprint density at radius 1 is 1.48 bits per heavy atom. The Hall–Kier alpha value is -1.82. The van der Waals surface area contributed by atoms with Gasteiger partial charge in [-0.3, -0.25) is 4.98 Å². The first-order chi connectivity index (χ1) is 9.89. The standard InChI is InChI=1S/C15H22N2O4/c1-15(2,3)21-14(19)17-7-6-12(17)10-20-13-5-4-11(9-18)16-8-13/h4-5,8,12,18H,6-7,9-10H2,1-3H3. The van der Waals surface area contributed by atoms with Crippen LogP contribution < -0.4 is 4.74 Å². The van der Waals surface area contributed by atoms with Gasteiger partial charge in [-0.05, 0) is 39.3 Å². The highest BCUT2D eigenvalue weighted by molar-refractivity contribution is 5.69. The lowest BCUT2D eigenvalue weighted by molar-refractivity contribution is -0.0141. The molecule has 6 nitrogen and oxygen atoms in total. The van der Waals surface area contributed by atoms with E-state index in [2.05, 4.69) is 4.98 Å². The first kappa shape index (κ1) is 15.6. The number of aliphatic hydroxyl groups excluding tert-OH is 1. The van der Waals surface area contributed by atoms with Crippen LogP contribution in [0.25, 0.3) is 0 Å². The number of carbonyl (C=O) groups excluding carboxylic acids is 1. The van der Waals surface area contributed by atoms with Crippen molar-refractivity contribution in [1.29, 1.82) is 0 Å². The van der Waals surface area contributed by atoms with E-state index in [-0.39, 0.29) is 18.7 Å². The fraction of sp³-hybridized carbons (Fsp3) is 0.600. The summed E-state index contributed by atoms with van der Waals surface area (Å²) in [5.74, 6) is 0.628. The third kappa shape index (κ3) is 4.32. The summed E-state index contributed by atoms with van der Waals surface area (Å²) in [6, 6.07) is 3.51. The molecule has 2 rings (SSSR count). The molecule has 0 spiro atoms. The van der Waals surface area contributed by atoms with Gasteiger partial charge in [-0.15, -0.1) is 0 Å². The minimum atomic E-state index is -0.484. The molecular weight excluding hydrogens is 272 g/mol. The normalized spacial score (nSPS) is 18.1. The van der Waals surface area contributed by atoms with E-state index in [1.54, 1.807) is 23.2 Å². The molecule has 1 aromatic heterocycles. The lowest BCUT2D eigenvalue weighted by atomic mass is 10.1. The predicted octanol–water partition coefficient (Wildman–Crippen LogP) is 1.96. The molecule has 1 saturated heterocycles. The molecule has 1 amide bonds. The van der Waals surface area contributed by atoms with Gasteiger partial charge in [0.1, 0.15) is 18.0 Å². The largest absolute Gasteiger partial charge is 0.490 e. The van der Waals surface area contributed by atoms with E-state index in [9.17, 15) is 4.79 Å². The molecule has 1 atom stereocenters. The summed E-state index contributed by atoms with van der Waals surface area (Å²) < 4.78 is 11.0. The number of nitrogens with zero attached hydrogens (tertiary/aromatic N) is 2. The molecule has 2 heterocycles. The highest BCUT2D eigenvalue weighted by Crippen LogP contribution is 2.22. The zero-order valence-electron chi connectivity index (χ0n) is 12.7. The molecule has 0 aromatic carbocycles. The lowest BCUT2D eigenvalue weighted by Gasteiger charge is -2.40. The third-order valence-electron chi connectivity index (χ3n) is 3.17. The number of aliphatic hydroxyl groups is 1. The Labute approximate surface area is 124 Å². The van der Waals surface area contributed by atoms with E-state index in [0.717, 1.165) is 6.42 Å². The molecule has 1 fully saturated rings. The molecule has 21 heavy (non-hydrogen) atoms. The van der Waals surface area contributed by atoms with Crippen LogP contribution in [-0.4, -0.2) is 45.9 Å². The number of hydrogen-bond donors (Lipinski definition) is 1. The highest BCUT2D eigenvalue weighted by Gasteiger charge is 2.35. The molecule has 1 N–H and O–H groups in total. The van der Waals surface area contributed by atoms with Gasteiger partial charge in [-0.2, -0.15) is 0 Å². The van der Waals surface area contributed by atoms with Crippen molar-refractivity contribution >= 4 is 6.09 Å². The van der Waals surface area contributed by atoms with Crippen molar-refractivity contribution in [2.75, 3.05) is 13.2 Å². The van der Waals surface area contributed by atoms with E-state index in [4.69, 9.17) is 14.6 Å². The van der Waals surface area contributed by atoms with Gasteiger partial charge in [0, 0.05) is 6.54 Å². The van der Waals surface area contributed by atoms with Gasteiger partial charge >= 0.3 is 6.09 Å². The van der Waals surface area contributed by atoms with Gasteiger partial charge in [0.2, 0.25) is 0 Å². The molecule has 1 unspecified atom stereocenters. The average Bonchev–Trinajstić information content (AvgIpc) is 2.36. The Morgan fingerprint density at radius 2 is 2.24 bits per heavy atom. The van der Waals surface area contributed by atoms with Gasteiger partial charge in [0.05, 0.1) is 24.5 Å². The van der Waals surface area contributed by atoms with Crippen LogP contribution in [0.3, 0.4) is 0 Å². The molecule has 1 aliphatic rings. The Bertz CT molecular complexity index is 481. The maximum atomic E-state index is 12.0. The third-order valence-corrected chi connectivity index (χ3v) is 3.17. The quantitative estimate of drug-likeness (QED) is 0.919. The van der Waals surface area contributed by atoms with Gasteiger partial charge in [0.25, 0.3) is 0 Å². The van der Waals surface area contributed by atoms with E-state index in [1.807, 2.05) is 20.8 Å². The van der Waals surface area contributed by atoms with E-state index in [0.29, 0.717) is 24.6 Å². The Kier molecular flexibility index (Phi) is 4.67. The topological polar surface area (TPSA) is 71.9 Å². The lowest BCUT2D eigenvalue weighted by Crippen LogP contribution is -2.55. The number of likely N-dealkylation sites (tertiary alicyclic amines) is 1. The Morgan fingerprint density at radius 3 is 2.71 bits per heavy atom. The van der Waals surface area contributed by atoms with Crippen molar-refractivity contribution in [3.63, 3.8) is 0 Å². The van der Waals surface area contributed by atoms with Gasteiger partial charge in [0.15, 0.2) is 0 Å². The minimum Gasteiger partial charge on any atom is -0.490 e.